The number of amides is 6. The first-order chi connectivity index (χ1) is 25.9. The molecule has 7 atom stereocenters. The van der Waals surface area contributed by atoms with Crippen molar-refractivity contribution in [3.63, 3.8) is 0 Å². The van der Waals surface area contributed by atoms with Gasteiger partial charge in [-0.05, 0) is 49.7 Å². The van der Waals surface area contributed by atoms with Gasteiger partial charge in [0.25, 0.3) is 0 Å². The molecule has 2 aromatic carbocycles. The summed E-state index contributed by atoms with van der Waals surface area (Å²) in [5, 5.41) is 18.0. The van der Waals surface area contributed by atoms with E-state index >= 15 is 0 Å². The summed E-state index contributed by atoms with van der Waals surface area (Å²) in [6.45, 7) is 2.70. The number of fused-ring (bicyclic) bond motifs is 2. The van der Waals surface area contributed by atoms with Crippen molar-refractivity contribution in [3.05, 3.63) is 71.8 Å². The largest absolute Gasteiger partial charge is 0.461 e. The molecule has 3 aliphatic rings. The lowest BCUT2D eigenvalue weighted by atomic mass is 10.0. The summed E-state index contributed by atoms with van der Waals surface area (Å²) in [5.74, 6) is -4.44. The minimum atomic E-state index is -1.46. The van der Waals surface area contributed by atoms with E-state index < -0.39 is 90.9 Å². The Hall–Kier alpha value is -5.31. The monoisotopic (exact) mass is 746 g/mol. The number of cyclic esters (lactones) is 1. The van der Waals surface area contributed by atoms with Crippen LogP contribution in [0.1, 0.15) is 50.7 Å². The molecule has 3 heterocycles. The molecule has 0 aliphatic carbocycles. The Bertz CT molecular complexity index is 1690. The van der Waals surface area contributed by atoms with Crippen LogP contribution in [0.2, 0.25) is 0 Å². The predicted molar refractivity (Wildman–Crippen MR) is 195 cm³/mol. The van der Waals surface area contributed by atoms with E-state index in [1.165, 1.54) is 28.7 Å². The number of ether oxygens (including phenoxy) is 1. The van der Waals surface area contributed by atoms with E-state index in [4.69, 9.17) is 4.74 Å². The highest BCUT2D eigenvalue weighted by Crippen LogP contribution is 2.26. The molecule has 3 fully saturated rings. The van der Waals surface area contributed by atoms with Gasteiger partial charge in [-0.2, -0.15) is 0 Å². The molecule has 0 spiro atoms. The molecule has 3 aliphatic heterocycles. The summed E-state index contributed by atoms with van der Waals surface area (Å²) >= 11 is 0. The first-order valence-electron chi connectivity index (χ1n) is 18.5. The van der Waals surface area contributed by atoms with E-state index in [1.54, 1.807) is 48.5 Å². The zero-order valence-electron chi connectivity index (χ0n) is 30.9. The van der Waals surface area contributed by atoms with E-state index in [2.05, 4.69) is 16.0 Å². The molecule has 15 heteroatoms. The molecule has 54 heavy (non-hydrogen) atoms. The van der Waals surface area contributed by atoms with Gasteiger partial charge in [0.2, 0.25) is 35.4 Å². The summed E-state index contributed by atoms with van der Waals surface area (Å²) < 4.78 is 5.70. The normalized spacial score (nSPS) is 26.1. The number of nitrogens with one attached hydrogen (secondary N) is 3. The van der Waals surface area contributed by atoms with E-state index in [0.29, 0.717) is 6.42 Å². The Morgan fingerprint density at radius 2 is 1.57 bits per heavy atom. The van der Waals surface area contributed by atoms with Gasteiger partial charge in [-0.1, -0.05) is 67.6 Å². The Morgan fingerprint density at radius 1 is 0.907 bits per heavy atom. The summed E-state index contributed by atoms with van der Waals surface area (Å²) in [4.78, 5) is 100. The maximum Gasteiger partial charge on any atom is 0.328 e. The highest BCUT2D eigenvalue weighted by molar-refractivity contribution is 5.97. The summed E-state index contributed by atoms with van der Waals surface area (Å²) in [5.41, 5.74) is 1.49. The minimum absolute atomic E-state index is 0.00736. The number of carbonyl (C=O) groups is 7. The highest BCUT2D eigenvalue weighted by atomic mass is 16.5. The van der Waals surface area contributed by atoms with Crippen LogP contribution in [0.15, 0.2) is 60.7 Å². The molecule has 15 nitrogen and oxygen atoms in total. The quantitative estimate of drug-likeness (QED) is 0.255. The maximum absolute atomic E-state index is 14.4. The molecular weight excluding hydrogens is 696 g/mol. The van der Waals surface area contributed by atoms with Crippen LogP contribution in [0.3, 0.4) is 0 Å². The van der Waals surface area contributed by atoms with Gasteiger partial charge in [0, 0.05) is 33.2 Å². The van der Waals surface area contributed by atoms with E-state index in [9.17, 15) is 38.7 Å². The Labute approximate surface area is 314 Å². The zero-order chi connectivity index (χ0) is 38.9. The fraction of sp³-hybridized carbons (Fsp3) is 0.513. The third kappa shape index (κ3) is 9.61. The lowest BCUT2D eigenvalue weighted by molar-refractivity contribution is -0.158. The number of nitrogens with zero attached hydrogens (tertiary/aromatic N) is 3. The van der Waals surface area contributed by atoms with Crippen molar-refractivity contribution in [3.8, 4) is 0 Å². The van der Waals surface area contributed by atoms with Gasteiger partial charge < -0.3 is 40.5 Å². The molecule has 0 bridgehead atoms. The van der Waals surface area contributed by atoms with Crippen molar-refractivity contribution in [2.45, 2.75) is 88.6 Å². The Morgan fingerprint density at radius 3 is 2.24 bits per heavy atom. The van der Waals surface area contributed by atoms with Crippen LogP contribution in [0.25, 0.3) is 0 Å². The first-order valence-corrected chi connectivity index (χ1v) is 18.5. The van der Waals surface area contributed by atoms with Crippen molar-refractivity contribution in [1.29, 1.82) is 0 Å². The number of hydrogen-bond acceptors (Lipinski definition) is 9. The van der Waals surface area contributed by atoms with E-state index in [0.717, 1.165) is 11.1 Å². The molecular formula is C39H50N6O9. The molecule has 6 amide bonds. The Kier molecular flexibility index (Phi) is 13.4. The fourth-order valence-corrected chi connectivity index (χ4v) is 7.43. The number of hydrogen-bond donors (Lipinski definition) is 4. The first kappa shape index (κ1) is 39.9. The zero-order valence-corrected chi connectivity index (χ0v) is 30.9. The second kappa shape index (κ2) is 18.1. The van der Waals surface area contributed by atoms with Gasteiger partial charge >= 0.3 is 5.97 Å². The van der Waals surface area contributed by atoms with Gasteiger partial charge in [0.1, 0.15) is 42.9 Å². The molecule has 0 unspecified atom stereocenters. The molecule has 0 saturated carbocycles. The number of likely N-dealkylation sites (N-methyl/N-ethyl adjacent to an activating group) is 1. The number of benzene rings is 2. The lowest BCUT2D eigenvalue weighted by Gasteiger charge is -2.35. The highest BCUT2D eigenvalue weighted by Gasteiger charge is 2.45. The topological polar surface area (TPSA) is 195 Å². The number of esters is 1. The number of aliphatic hydroxyl groups is 1. The van der Waals surface area contributed by atoms with Gasteiger partial charge in [-0.25, -0.2) is 4.79 Å². The Balaban J connectivity index is 1.46. The molecule has 0 radical (unpaired) electrons. The maximum atomic E-state index is 14.4. The van der Waals surface area contributed by atoms with Crippen LogP contribution >= 0.6 is 0 Å². The van der Waals surface area contributed by atoms with E-state index in [1.807, 2.05) is 19.1 Å². The van der Waals surface area contributed by atoms with Crippen molar-refractivity contribution in [1.82, 2.24) is 30.7 Å². The summed E-state index contributed by atoms with van der Waals surface area (Å²) in [6, 6.07) is 11.2. The molecule has 0 aromatic heterocycles. The van der Waals surface area contributed by atoms with Crippen LogP contribution in [0.5, 0.6) is 0 Å². The minimum Gasteiger partial charge on any atom is -0.461 e. The molecule has 4 N–H and O–H groups in total. The standard InChI is InChI=1S/C39H50N6O9/c1-24-19-32-39(53)54-23-29(42-34(48)28(20-26-11-6-4-7-12-26)41-33(47)21-27-13-8-5-9-14-27)37(51)44-17-10-15-31(44)38(52)43(3)30(16-18-46)35(49)40-25(2)36(50)45(32)22-24/h4-9,11-14,24-25,28-32,46H,10,15-23H2,1-3H3,(H,40,49)(H,41,47)(H,42,48)/t24-,25-,28-,29-,30-,31-,32-/m0/s1. The van der Waals surface area contributed by atoms with Crippen molar-refractivity contribution in [2.24, 2.45) is 5.92 Å². The third-order valence-electron chi connectivity index (χ3n) is 10.3. The van der Waals surface area contributed by atoms with Crippen molar-refractivity contribution in [2.75, 3.05) is 33.4 Å². The predicted octanol–water partition coefficient (Wildman–Crippen LogP) is -0.0597. The molecule has 290 valence electrons. The number of rotatable bonds is 9. The lowest BCUT2D eigenvalue weighted by Crippen LogP contribution is -2.61. The van der Waals surface area contributed by atoms with Crippen LogP contribution in [0.4, 0.5) is 0 Å². The summed E-state index contributed by atoms with van der Waals surface area (Å²) in [7, 11) is 1.41. The molecule has 2 aromatic rings. The SMILES string of the molecule is C[C@H]1C[C@H]2C(=O)OC[C@H](NC(=O)[C@H](Cc3ccccc3)NC(=O)Cc3ccccc3)C(=O)N3CCC[C@H]3C(=O)N(C)[C@@H](CCO)C(=O)N[C@@H](C)C(=O)N2C1. The average Bonchev–Trinajstić information content (AvgIpc) is 3.81. The average molecular weight is 747 g/mol. The number of carbonyl (C=O) groups excluding carboxylic acids is 7. The van der Waals surface area contributed by atoms with Crippen molar-refractivity contribution >= 4 is 41.4 Å². The van der Waals surface area contributed by atoms with E-state index in [-0.39, 0.29) is 51.1 Å². The van der Waals surface area contributed by atoms with Gasteiger partial charge in [0.05, 0.1) is 6.42 Å². The second-order valence-corrected chi connectivity index (χ2v) is 14.4. The fourth-order valence-electron chi connectivity index (χ4n) is 7.43. The van der Waals surface area contributed by atoms with Gasteiger partial charge in [-0.3, -0.25) is 28.8 Å². The summed E-state index contributed by atoms with van der Waals surface area (Å²) in [6.07, 6.45) is 0.962. The third-order valence-corrected chi connectivity index (χ3v) is 10.3. The van der Waals surface area contributed by atoms with Crippen LogP contribution in [0, 0.1) is 5.92 Å². The van der Waals surface area contributed by atoms with Gasteiger partial charge in [0.15, 0.2) is 0 Å². The number of aliphatic hydroxyl groups excluding tert-OH is 1. The molecule has 3 saturated heterocycles. The van der Waals surface area contributed by atoms with Crippen LogP contribution in [-0.4, -0.2) is 131 Å². The second-order valence-electron chi connectivity index (χ2n) is 14.4. The molecule has 5 rings (SSSR count). The van der Waals surface area contributed by atoms with Crippen LogP contribution in [-0.2, 0) is 51.1 Å². The van der Waals surface area contributed by atoms with Crippen LogP contribution < -0.4 is 16.0 Å². The smallest absolute Gasteiger partial charge is 0.328 e. The van der Waals surface area contributed by atoms with Crippen molar-refractivity contribution < 1.29 is 43.4 Å². The van der Waals surface area contributed by atoms with Gasteiger partial charge in [-0.15, -0.1) is 0 Å².